The van der Waals surface area contributed by atoms with Gasteiger partial charge in [-0.05, 0) is 37.1 Å². The second-order valence-corrected chi connectivity index (χ2v) is 7.44. The van der Waals surface area contributed by atoms with Crippen molar-refractivity contribution in [3.8, 4) is 11.4 Å². The van der Waals surface area contributed by atoms with Gasteiger partial charge in [0.1, 0.15) is 5.82 Å². The number of hydrogen-bond acceptors (Lipinski definition) is 6. The molecule has 0 aliphatic carbocycles. The molecular formula is C22H24N6O. The van der Waals surface area contributed by atoms with Gasteiger partial charge in [-0.1, -0.05) is 0 Å². The SMILES string of the molecule is CN(C)c1cc(C2CCCN(C(=O)c3ccncc3)C2)nc(-c2cccnc2)n1. The molecule has 0 aromatic carbocycles. The molecule has 0 spiro atoms. The molecule has 3 aromatic heterocycles. The van der Waals surface area contributed by atoms with E-state index in [1.807, 2.05) is 42.1 Å². The minimum absolute atomic E-state index is 0.0477. The largest absolute Gasteiger partial charge is 0.363 e. The summed E-state index contributed by atoms with van der Waals surface area (Å²) >= 11 is 0. The maximum atomic E-state index is 12.9. The van der Waals surface area contributed by atoms with Crippen LogP contribution in [0.2, 0.25) is 0 Å². The Hall–Kier alpha value is -3.35. The lowest BCUT2D eigenvalue weighted by Crippen LogP contribution is -2.39. The predicted molar refractivity (Wildman–Crippen MR) is 112 cm³/mol. The molecule has 0 bridgehead atoms. The van der Waals surface area contributed by atoms with E-state index in [9.17, 15) is 4.79 Å². The first-order chi connectivity index (χ1) is 14.1. The van der Waals surface area contributed by atoms with Crippen LogP contribution in [0.4, 0.5) is 5.82 Å². The Balaban J connectivity index is 1.63. The van der Waals surface area contributed by atoms with Gasteiger partial charge < -0.3 is 9.80 Å². The number of aromatic nitrogens is 4. The first kappa shape index (κ1) is 19.0. The average molecular weight is 388 g/mol. The van der Waals surface area contributed by atoms with Gasteiger partial charge in [0.05, 0.1) is 5.69 Å². The van der Waals surface area contributed by atoms with E-state index < -0.39 is 0 Å². The van der Waals surface area contributed by atoms with Crippen molar-refractivity contribution in [3.63, 3.8) is 0 Å². The van der Waals surface area contributed by atoms with Gasteiger partial charge in [-0.3, -0.25) is 14.8 Å². The molecule has 29 heavy (non-hydrogen) atoms. The van der Waals surface area contributed by atoms with Crippen LogP contribution in [0.5, 0.6) is 0 Å². The number of piperidine rings is 1. The molecule has 148 valence electrons. The Morgan fingerprint density at radius 1 is 1.10 bits per heavy atom. The van der Waals surface area contributed by atoms with Crippen LogP contribution in [0.1, 0.15) is 34.8 Å². The molecule has 4 rings (SSSR count). The van der Waals surface area contributed by atoms with Crippen molar-refractivity contribution in [2.45, 2.75) is 18.8 Å². The lowest BCUT2D eigenvalue weighted by atomic mass is 9.93. The standard InChI is InChI=1S/C22H24N6O/c1-27(2)20-13-19(25-21(26-20)17-5-3-9-24-14-17)18-6-4-12-28(15-18)22(29)16-7-10-23-11-8-16/h3,5,7-11,13-14,18H,4,6,12,15H2,1-2H3. The monoisotopic (exact) mass is 388 g/mol. The Bertz CT molecular complexity index is 977. The highest BCUT2D eigenvalue weighted by Gasteiger charge is 2.27. The molecule has 1 amide bonds. The summed E-state index contributed by atoms with van der Waals surface area (Å²) in [5.74, 6) is 1.74. The molecule has 3 aromatic rings. The third-order valence-corrected chi connectivity index (χ3v) is 5.16. The zero-order chi connectivity index (χ0) is 20.2. The Morgan fingerprint density at radius 2 is 1.93 bits per heavy atom. The number of nitrogens with zero attached hydrogens (tertiary/aromatic N) is 6. The normalized spacial score (nSPS) is 16.5. The maximum absolute atomic E-state index is 12.9. The van der Waals surface area contributed by atoms with Gasteiger partial charge in [-0.2, -0.15) is 0 Å². The molecule has 0 radical (unpaired) electrons. The van der Waals surface area contributed by atoms with Crippen LogP contribution in [0.3, 0.4) is 0 Å². The molecule has 1 saturated heterocycles. The highest BCUT2D eigenvalue weighted by molar-refractivity contribution is 5.94. The summed E-state index contributed by atoms with van der Waals surface area (Å²) in [6.45, 7) is 1.41. The molecule has 4 heterocycles. The molecule has 1 aliphatic rings. The van der Waals surface area contributed by atoms with Crippen molar-refractivity contribution in [3.05, 3.63) is 66.4 Å². The average Bonchev–Trinajstić information content (AvgIpc) is 2.79. The van der Waals surface area contributed by atoms with Crippen LogP contribution in [-0.4, -0.2) is 57.9 Å². The Kier molecular flexibility index (Phi) is 5.46. The smallest absolute Gasteiger partial charge is 0.253 e. The minimum Gasteiger partial charge on any atom is -0.363 e. The second kappa shape index (κ2) is 8.34. The van der Waals surface area contributed by atoms with Crippen molar-refractivity contribution in [1.82, 2.24) is 24.8 Å². The van der Waals surface area contributed by atoms with Crippen LogP contribution in [0.25, 0.3) is 11.4 Å². The fraction of sp³-hybridized carbons (Fsp3) is 0.318. The predicted octanol–water partition coefficient (Wildman–Crippen LogP) is 3.02. The molecule has 1 aliphatic heterocycles. The third kappa shape index (κ3) is 4.23. The molecule has 1 fully saturated rings. The lowest BCUT2D eigenvalue weighted by molar-refractivity contribution is 0.0706. The molecule has 1 unspecified atom stereocenters. The fourth-order valence-corrected chi connectivity index (χ4v) is 3.60. The zero-order valence-corrected chi connectivity index (χ0v) is 16.7. The molecular weight excluding hydrogens is 364 g/mol. The van der Waals surface area contributed by atoms with E-state index in [0.29, 0.717) is 17.9 Å². The van der Waals surface area contributed by atoms with Gasteiger partial charge in [0.15, 0.2) is 5.82 Å². The summed E-state index contributed by atoms with van der Waals surface area (Å²) in [5.41, 5.74) is 2.53. The number of rotatable bonds is 4. The van der Waals surface area contributed by atoms with Crippen LogP contribution >= 0.6 is 0 Å². The highest BCUT2D eigenvalue weighted by Crippen LogP contribution is 2.30. The molecule has 0 saturated carbocycles. The summed E-state index contributed by atoms with van der Waals surface area (Å²) in [7, 11) is 3.94. The van der Waals surface area contributed by atoms with E-state index in [0.717, 1.165) is 36.5 Å². The van der Waals surface area contributed by atoms with E-state index in [4.69, 9.17) is 4.98 Å². The van der Waals surface area contributed by atoms with Crippen LogP contribution in [0.15, 0.2) is 55.1 Å². The number of carbonyl (C=O) groups is 1. The molecule has 0 N–H and O–H groups in total. The summed E-state index contributed by atoms with van der Waals surface area (Å²) in [6.07, 6.45) is 8.77. The van der Waals surface area contributed by atoms with Gasteiger partial charge in [0.2, 0.25) is 0 Å². The molecule has 7 heteroatoms. The van der Waals surface area contributed by atoms with E-state index >= 15 is 0 Å². The van der Waals surface area contributed by atoms with Gasteiger partial charge in [-0.15, -0.1) is 0 Å². The summed E-state index contributed by atoms with van der Waals surface area (Å²) in [5, 5.41) is 0. The van der Waals surface area contributed by atoms with Crippen molar-refractivity contribution in [2.75, 3.05) is 32.1 Å². The summed E-state index contributed by atoms with van der Waals surface area (Å²) < 4.78 is 0. The quantitative estimate of drug-likeness (QED) is 0.684. The maximum Gasteiger partial charge on any atom is 0.253 e. The zero-order valence-electron chi connectivity index (χ0n) is 16.7. The molecule has 7 nitrogen and oxygen atoms in total. The number of pyridine rings is 2. The number of anilines is 1. The van der Waals surface area contributed by atoms with E-state index in [2.05, 4.69) is 15.0 Å². The fourth-order valence-electron chi connectivity index (χ4n) is 3.60. The van der Waals surface area contributed by atoms with Crippen molar-refractivity contribution >= 4 is 11.7 Å². The van der Waals surface area contributed by atoms with Gasteiger partial charge in [-0.25, -0.2) is 9.97 Å². The number of hydrogen-bond donors (Lipinski definition) is 0. The van der Waals surface area contributed by atoms with Crippen LogP contribution in [-0.2, 0) is 0 Å². The summed E-state index contributed by atoms with van der Waals surface area (Å²) in [6, 6.07) is 9.41. The van der Waals surface area contributed by atoms with E-state index in [-0.39, 0.29) is 11.8 Å². The molecule has 1 atom stereocenters. The first-order valence-electron chi connectivity index (χ1n) is 9.78. The van der Waals surface area contributed by atoms with Crippen molar-refractivity contribution < 1.29 is 4.79 Å². The minimum atomic E-state index is 0.0477. The number of likely N-dealkylation sites (tertiary alicyclic amines) is 1. The van der Waals surface area contributed by atoms with Crippen LogP contribution in [0, 0.1) is 0 Å². The third-order valence-electron chi connectivity index (χ3n) is 5.16. The number of amides is 1. The van der Waals surface area contributed by atoms with Gasteiger partial charge in [0, 0.05) is 75.1 Å². The van der Waals surface area contributed by atoms with Crippen molar-refractivity contribution in [2.24, 2.45) is 0 Å². The highest BCUT2D eigenvalue weighted by atomic mass is 16.2. The Labute approximate surface area is 170 Å². The van der Waals surface area contributed by atoms with Crippen LogP contribution < -0.4 is 4.90 Å². The van der Waals surface area contributed by atoms with E-state index in [1.165, 1.54) is 0 Å². The second-order valence-electron chi connectivity index (χ2n) is 7.44. The Morgan fingerprint density at radius 3 is 2.66 bits per heavy atom. The van der Waals surface area contributed by atoms with E-state index in [1.54, 1.807) is 36.9 Å². The summed E-state index contributed by atoms with van der Waals surface area (Å²) in [4.78, 5) is 34.5. The van der Waals surface area contributed by atoms with Gasteiger partial charge >= 0.3 is 0 Å². The lowest BCUT2D eigenvalue weighted by Gasteiger charge is -2.33. The topological polar surface area (TPSA) is 75.1 Å². The van der Waals surface area contributed by atoms with Gasteiger partial charge in [0.25, 0.3) is 5.91 Å². The number of carbonyl (C=O) groups excluding carboxylic acids is 1. The first-order valence-corrected chi connectivity index (χ1v) is 9.78. The van der Waals surface area contributed by atoms with Crippen molar-refractivity contribution in [1.29, 1.82) is 0 Å².